The topological polar surface area (TPSA) is 63.8 Å². The molecule has 3 N–H and O–H groups in total. The summed E-state index contributed by atoms with van der Waals surface area (Å²) in [7, 11) is 0. The number of nitrogens with one attached hydrogen (secondary N) is 1. The van der Waals surface area contributed by atoms with E-state index in [0.717, 1.165) is 18.0 Å². The van der Waals surface area contributed by atoms with Gasteiger partial charge in [-0.3, -0.25) is 0 Å². The Morgan fingerprint density at radius 2 is 2.21 bits per heavy atom. The Bertz CT molecular complexity index is 266. The van der Waals surface area contributed by atoms with E-state index < -0.39 is 0 Å². The number of nitrogens with two attached hydrogens (primary N) is 1. The zero-order chi connectivity index (χ0) is 9.86. The molecule has 0 amide bonds. The van der Waals surface area contributed by atoms with E-state index in [9.17, 15) is 0 Å². The maximum absolute atomic E-state index is 5.85. The van der Waals surface area contributed by atoms with Crippen molar-refractivity contribution < 1.29 is 0 Å². The second-order valence-electron chi connectivity index (χ2n) is 3.92. The van der Waals surface area contributed by atoms with E-state index in [1.165, 1.54) is 30.8 Å². The molecule has 0 spiro atoms. The molecule has 2 rings (SSSR count). The summed E-state index contributed by atoms with van der Waals surface area (Å²) in [5.74, 6) is 0. The SMILES string of the molecule is NCC1(Nc2ncns2)CCCCC1. The third-order valence-electron chi connectivity index (χ3n) is 2.93. The molecule has 14 heavy (non-hydrogen) atoms. The normalized spacial score (nSPS) is 20.6. The summed E-state index contributed by atoms with van der Waals surface area (Å²) in [6.45, 7) is 0.687. The van der Waals surface area contributed by atoms with Crippen LogP contribution < -0.4 is 11.1 Å². The molecule has 0 bridgehead atoms. The maximum atomic E-state index is 5.85. The van der Waals surface area contributed by atoms with E-state index >= 15 is 0 Å². The summed E-state index contributed by atoms with van der Waals surface area (Å²) in [6.07, 6.45) is 7.76. The first kappa shape index (κ1) is 9.86. The lowest BCUT2D eigenvalue weighted by atomic mass is 9.82. The predicted octanol–water partition coefficient (Wildman–Crippen LogP) is 1.61. The van der Waals surface area contributed by atoms with Crippen molar-refractivity contribution in [3.05, 3.63) is 6.33 Å². The van der Waals surface area contributed by atoms with Crippen molar-refractivity contribution in [2.45, 2.75) is 37.6 Å². The van der Waals surface area contributed by atoms with Gasteiger partial charge in [-0.1, -0.05) is 19.3 Å². The van der Waals surface area contributed by atoms with E-state index in [1.54, 1.807) is 6.33 Å². The van der Waals surface area contributed by atoms with Crippen LogP contribution in [0.5, 0.6) is 0 Å². The Morgan fingerprint density at radius 1 is 1.43 bits per heavy atom. The Hall–Kier alpha value is -0.680. The van der Waals surface area contributed by atoms with Gasteiger partial charge >= 0.3 is 0 Å². The number of hydrogen-bond donors (Lipinski definition) is 2. The number of nitrogens with zero attached hydrogens (tertiary/aromatic N) is 2. The maximum Gasteiger partial charge on any atom is 0.202 e. The largest absolute Gasteiger partial charge is 0.354 e. The minimum absolute atomic E-state index is 0.0811. The van der Waals surface area contributed by atoms with Gasteiger partial charge in [0.05, 0.1) is 5.54 Å². The lowest BCUT2D eigenvalue weighted by Gasteiger charge is -2.36. The first-order chi connectivity index (χ1) is 6.85. The standard InChI is InChI=1S/C9H16N4S/c10-6-9(4-2-1-3-5-9)13-8-11-7-12-14-8/h7H,1-6,10H2,(H,11,12,13). The molecule has 0 radical (unpaired) electrons. The second-order valence-corrected chi connectivity index (χ2v) is 4.70. The highest BCUT2D eigenvalue weighted by Gasteiger charge is 2.30. The van der Waals surface area contributed by atoms with E-state index in [0.29, 0.717) is 6.54 Å². The summed E-state index contributed by atoms with van der Waals surface area (Å²) in [6, 6.07) is 0. The molecular formula is C9H16N4S. The fourth-order valence-electron chi connectivity index (χ4n) is 2.06. The monoisotopic (exact) mass is 212 g/mol. The van der Waals surface area contributed by atoms with Gasteiger partial charge in [-0.05, 0) is 12.8 Å². The third kappa shape index (κ3) is 2.04. The highest BCUT2D eigenvalue weighted by Crippen LogP contribution is 2.30. The third-order valence-corrected chi connectivity index (χ3v) is 3.51. The minimum atomic E-state index is 0.0811. The van der Waals surface area contributed by atoms with Crippen LogP contribution in [0.1, 0.15) is 32.1 Å². The molecule has 5 heteroatoms. The number of anilines is 1. The Morgan fingerprint density at radius 3 is 2.79 bits per heavy atom. The number of aromatic nitrogens is 2. The van der Waals surface area contributed by atoms with Gasteiger partial charge in [0.1, 0.15) is 6.33 Å². The Labute approximate surface area is 88.1 Å². The lowest BCUT2D eigenvalue weighted by Crippen LogP contribution is -2.46. The van der Waals surface area contributed by atoms with Crippen LogP contribution in [-0.4, -0.2) is 21.4 Å². The number of hydrogen-bond acceptors (Lipinski definition) is 5. The molecule has 0 atom stereocenters. The highest BCUT2D eigenvalue weighted by molar-refractivity contribution is 7.09. The van der Waals surface area contributed by atoms with Crippen LogP contribution in [0.15, 0.2) is 6.33 Å². The fraction of sp³-hybridized carbons (Fsp3) is 0.778. The Kier molecular flexibility index (Phi) is 2.98. The van der Waals surface area contributed by atoms with Crippen molar-refractivity contribution in [3.63, 3.8) is 0 Å². The van der Waals surface area contributed by atoms with E-state index in [-0.39, 0.29) is 5.54 Å². The van der Waals surface area contributed by atoms with Crippen molar-refractivity contribution >= 4 is 16.7 Å². The molecular weight excluding hydrogens is 196 g/mol. The van der Waals surface area contributed by atoms with Crippen LogP contribution in [-0.2, 0) is 0 Å². The summed E-state index contributed by atoms with van der Waals surface area (Å²) in [5.41, 5.74) is 5.93. The van der Waals surface area contributed by atoms with Crippen LogP contribution in [0.3, 0.4) is 0 Å². The summed E-state index contributed by atoms with van der Waals surface area (Å²) in [4.78, 5) is 4.14. The smallest absolute Gasteiger partial charge is 0.202 e. The van der Waals surface area contributed by atoms with Crippen molar-refractivity contribution in [1.82, 2.24) is 9.36 Å². The molecule has 0 unspecified atom stereocenters. The minimum Gasteiger partial charge on any atom is -0.354 e. The number of rotatable bonds is 3. The van der Waals surface area contributed by atoms with E-state index in [4.69, 9.17) is 5.73 Å². The van der Waals surface area contributed by atoms with Crippen molar-refractivity contribution in [1.29, 1.82) is 0 Å². The van der Waals surface area contributed by atoms with Crippen molar-refractivity contribution in [2.24, 2.45) is 5.73 Å². The molecule has 1 saturated carbocycles. The van der Waals surface area contributed by atoms with Crippen LogP contribution in [0.25, 0.3) is 0 Å². The molecule has 0 saturated heterocycles. The highest BCUT2D eigenvalue weighted by atomic mass is 32.1. The van der Waals surface area contributed by atoms with E-state index in [1.807, 2.05) is 0 Å². The molecule has 78 valence electrons. The van der Waals surface area contributed by atoms with Crippen molar-refractivity contribution in [2.75, 3.05) is 11.9 Å². The second kappa shape index (κ2) is 4.23. The van der Waals surface area contributed by atoms with Gasteiger partial charge in [-0.2, -0.15) is 4.37 Å². The van der Waals surface area contributed by atoms with Crippen molar-refractivity contribution in [3.8, 4) is 0 Å². The van der Waals surface area contributed by atoms with Gasteiger partial charge in [-0.25, -0.2) is 4.98 Å². The summed E-state index contributed by atoms with van der Waals surface area (Å²) in [5, 5.41) is 4.34. The fourth-order valence-corrected chi connectivity index (χ4v) is 2.61. The first-order valence-corrected chi connectivity index (χ1v) is 5.87. The molecule has 1 aliphatic rings. The predicted molar refractivity (Wildman–Crippen MR) is 58.4 cm³/mol. The van der Waals surface area contributed by atoms with Crippen LogP contribution in [0.2, 0.25) is 0 Å². The first-order valence-electron chi connectivity index (χ1n) is 5.10. The lowest BCUT2D eigenvalue weighted by molar-refractivity contribution is 0.331. The summed E-state index contributed by atoms with van der Waals surface area (Å²) >= 11 is 1.40. The van der Waals surface area contributed by atoms with Gasteiger partial charge < -0.3 is 11.1 Å². The van der Waals surface area contributed by atoms with E-state index in [2.05, 4.69) is 14.7 Å². The summed E-state index contributed by atoms with van der Waals surface area (Å²) < 4.78 is 3.98. The molecule has 0 aromatic carbocycles. The van der Waals surface area contributed by atoms with Gasteiger partial charge in [-0.15, -0.1) is 0 Å². The van der Waals surface area contributed by atoms with Crippen LogP contribution >= 0.6 is 11.5 Å². The molecule has 1 aromatic heterocycles. The molecule has 4 nitrogen and oxygen atoms in total. The molecule has 1 aromatic rings. The van der Waals surface area contributed by atoms with Gasteiger partial charge in [0.15, 0.2) is 0 Å². The van der Waals surface area contributed by atoms with Gasteiger partial charge in [0.2, 0.25) is 5.13 Å². The quantitative estimate of drug-likeness (QED) is 0.799. The molecule has 1 heterocycles. The molecule has 1 fully saturated rings. The average Bonchev–Trinajstić information content (AvgIpc) is 2.72. The molecule has 1 aliphatic carbocycles. The molecule has 0 aliphatic heterocycles. The van der Waals surface area contributed by atoms with Crippen LogP contribution in [0.4, 0.5) is 5.13 Å². The van der Waals surface area contributed by atoms with Gasteiger partial charge in [0.25, 0.3) is 0 Å². The van der Waals surface area contributed by atoms with Crippen LogP contribution in [0, 0.1) is 0 Å². The Balaban J connectivity index is 2.04. The zero-order valence-corrected chi connectivity index (χ0v) is 9.02. The van der Waals surface area contributed by atoms with Gasteiger partial charge in [0, 0.05) is 18.1 Å². The average molecular weight is 212 g/mol. The zero-order valence-electron chi connectivity index (χ0n) is 8.20.